The number of hydrogen-bond acceptors (Lipinski definition) is 6. The van der Waals surface area contributed by atoms with Crippen molar-refractivity contribution in [1.29, 1.82) is 0 Å². The first-order valence-electron chi connectivity index (χ1n) is 6.69. The lowest BCUT2D eigenvalue weighted by Gasteiger charge is -2.16. The van der Waals surface area contributed by atoms with E-state index < -0.39 is 16.0 Å². The molecule has 0 aliphatic heterocycles. The first kappa shape index (κ1) is 17.7. The van der Waals surface area contributed by atoms with Crippen LogP contribution >= 0.6 is 0 Å². The van der Waals surface area contributed by atoms with Gasteiger partial charge in [0.1, 0.15) is 22.0 Å². The van der Waals surface area contributed by atoms with E-state index in [1.165, 1.54) is 21.0 Å². The van der Waals surface area contributed by atoms with Crippen LogP contribution in [0.5, 0.6) is 0 Å². The molecule has 1 aromatic rings. The highest BCUT2D eigenvalue weighted by atomic mass is 32.2. The second-order valence-corrected chi connectivity index (χ2v) is 6.40. The molecule has 0 spiro atoms. The zero-order chi connectivity index (χ0) is 16.2. The van der Waals surface area contributed by atoms with Gasteiger partial charge in [0, 0.05) is 12.6 Å². The Hall–Kier alpha value is -1.38. The third-order valence-electron chi connectivity index (χ3n) is 3.11. The number of nitrogens with one attached hydrogen (secondary N) is 1. The Bertz CT molecular complexity index is 606. The topological polar surface area (TPSA) is 112 Å². The lowest BCUT2D eigenvalue weighted by molar-refractivity contribution is 0.0595. The number of nitrogens with two attached hydrogens (primary N) is 1. The summed E-state index contributed by atoms with van der Waals surface area (Å²) in [6, 6.07) is -0.389. The minimum absolute atomic E-state index is 0.0743. The van der Waals surface area contributed by atoms with Gasteiger partial charge < -0.3 is 14.9 Å². The molecule has 1 aromatic heterocycles. The van der Waals surface area contributed by atoms with Crippen molar-refractivity contribution in [2.24, 2.45) is 5.73 Å². The number of hydrogen-bond donors (Lipinski definition) is 2. The Labute approximate surface area is 124 Å². The Balaban J connectivity index is 3.28. The molecule has 21 heavy (non-hydrogen) atoms. The highest BCUT2D eigenvalue weighted by Gasteiger charge is 2.32. The van der Waals surface area contributed by atoms with Gasteiger partial charge in [-0.25, -0.2) is 17.9 Å². The summed E-state index contributed by atoms with van der Waals surface area (Å²) in [5.41, 5.74) is 5.50. The van der Waals surface area contributed by atoms with E-state index >= 15 is 0 Å². The molecule has 0 bridgehead atoms. The van der Waals surface area contributed by atoms with Gasteiger partial charge in [-0.2, -0.15) is 0 Å². The molecule has 0 fully saturated rings. The largest absolute Gasteiger partial charge is 0.465 e. The van der Waals surface area contributed by atoms with Gasteiger partial charge in [-0.15, -0.1) is 0 Å². The summed E-state index contributed by atoms with van der Waals surface area (Å²) < 4.78 is 37.5. The van der Waals surface area contributed by atoms with Crippen molar-refractivity contribution < 1.29 is 22.4 Å². The lowest BCUT2D eigenvalue weighted by atomic mass is 10.2. The molecule has 0 radical (unpaired) electrons. The number of esters is 1. The number of sulfonamides is 1. The lowest BCUT2D eigenvalue weighted by Crippen LogP contribution is -2.40. The molecule has 3 N–H and O–H groups in total. The molecule has 1 atom stereocenters. The molecule has 120 valence electrons. The molecule has 1 unspecified atom stereocenters. The maximum Gasteiger partial charge on any atom is 0.342 e. The average Bonchev–Trinajstić information content (AvgIpc) is 2.72. The second-order valence-electron chi connectivity index (χ2n) is 4.75. The number of rotatable bonds is 7. The van der Waals surface area contributed by atoms with Gasteiger partial charge in [0.15, 0.2) is 0 Å². The molecule has 8 heteroatoms. The van der Waals surface area contributed by atoms with Crippen molar-refractivity contribution in [2.75, 3.05) is 13.7 Å². The Morgan fingerprint density at radius 2 is 2.00 bits per heavy atom. The van der Waals surface area contributed by atoms with E-state index in [4.69, 9.17) is 10.2 Å². The van der Waals surface area contributed by atoms with Crippen LogP contribution in [0.15, 0.2) is 9.31 Å². The van der Waals surface area contributed by atoms with E-state index in [2.05, 4.69) is 9.46 Å². The fraction of sp³-hybridized carbons (Fsp3) is 0.615. The molecule has 0 amide bonds. The van der Waals surface area contributed by atoms with Crippen LogP contribution in [0.25, 0.3) is 0 Å². The summed E-state index contributed by atoms with van der Waals surface area (Å²) in [5.74, 6) is -0.392. The number of furan rings is 1. The van der Waals surface area contributed by atoms with E-state index in [9.17, 15) is 13.2 Å². The summed E-state index contributed by atoms with van der Waals surface area (Å²) in [7, 11) is -2.73. The second kappa shape index (κ2) is 7.06. The number of methoxy groups -OCH3 is 1. The third kappa shape index (κ3) is 3.84. The predicted molar refractivity (Wildman–Crippen MR) is 77.6 cm³/mol. The van der Waals surface area contributed by atoms with Gasteiger partial charge in [-0.1, -0.05) is 13.3 Å². The summed E-state index contributed by atoms with van der Waals surface area (Å²) in [6.07, 6.45) is 1.40. The van der Waals surface area contributed by atoms with E-state index in [1.807, 2.05) is 6.92 Å². The van der Waals surface area contributed by atoms with Crippen molar-refractivity contribution in [1.82, 2.24) is 4.72 Å². The molecule has 0 saturated heterocycles. The normalized spacial score (nSPS) is 13.2. The van der Waals surface area contributed by atoms with E-state index in [0.717, 1.165) is 6.42 Å². The molecule has 1 heterocycles. The Morgan fingerprint density at radius 3 is 2.48 bits per heavy atom. The van der Waals surface area contributed by atoms with Gasteiger partial charge in [0.05, 0.1) is 7.11 Å². The Morgan fingerprint density at radius 1 is 1.38 bits per heavy atom. The average molecular weight is 318 g/mol. The highest BCUT2D eigenvalue weighted by molar-refractivity contribution is 7.89. The third-order valence-corrected chi connectivity index (χ3v) is 4.78. The van der Waals surface area contributed by atoms with Gasteiger partial charge in [0.2, 0.25) is 10.0 Å². The van der Waals surface area contributed by atoms with Crippen LogP contribution in [-0.4, -0.2) is 34.1 Å². The zero-order valence-corrected chi connectivity index (χ0v) is 13.5. The number of aryl methyl sites for hydroxylation is 2. The van der Waals surface area contributed by atoms with E-state index in [-0.39, 0.29) is 34.6 Å². The zero-order valence-electron chi connectivity index (χ0n) is 12.7. The number of carbonyl (C=O) groups is 1. The molecule has 0 aromatic carbocycles. The smallest absolute Gasteiger partial charge is 0.342 e. The van der Waals surface area contributed by atoms with E-state index in [1.54, 1.807) is 0 Å². The van der Waals surface area contributed by atoms with Gasteiger partial charge >= 0.3 is 5.97 Å². The van der Waals surface area contributed by atoms with Crippen molar-refractivity contribution >= 4 is 16.0 Å². The van der Waals surface area contributed by atoms with Crippen molar-refractivity contribution in [3.8, 4) is 0 Å². The minimum Gasteiger partial charge on any atom is -0.465 e. The highest BCUT2D eigenvalue weighted by Crippen LogP contribution is 2.27. The molecule has 1 rings (SSSR count). The van der Waals surface area contributed by atoms with Gasteiger partial charge in [0.25, 0.3) is 0 Å². The fourth-order valence-electron chi connectivity index (χ4n) is 2.18. The molecule has 7 nitrogen and oxygen atoms in total. The maximum atomic E-state index is 12.5. The molecule has 0 saturated carbocycles. The van der Waals surface area contributed by atoms with Crippen molar-refractivity contribution in [3.05, 3.63) is 17.1 Å². The van der Waals surface area contributed by atoms with Crippen molar-refractivity contribution in [3.63, 3.8) is 0 Å². The first-order valence-corrected chi connectivity index (χ1v) is 8.17. The standard InChI is InChI=1S/C13H22N2O5S/c1-5-6-10(7-14)15-21(17,18)12-9(3)20-8(2)11(12)13(16)19-4/h10,15H,5-7,14H2,1-4H3. The van der Waals surface area contributed by atoms with Crippen LogP contribution in [0.3, 0.4) is 0 Å². The Kier molecular flexibility index (Phi) is 5.94. The van der Waals surface area contributed by atoms with E-state index in [0.29, 0.717) is 6.42 Å². The summed E-state index contributed by atoms with van der Waals surface area (Å²) in [6.45, 7) is 5.12. The van der Waals surface area contributed by atoms with Crippen LogP contribution in [0, 0.1) is 13.8 Å². The van der Waals surface area contributed by atoms with Crippen LogP contribution in [0.2, 0.25) is 0 Å². The maximum absolute atomic E-state index is 12.5. The summed E-state index contributed by atoms with van der Waals surface area (Å²) >= 11 is 0. The predicted octanol–water partition coefficient (Wildman–Crippen LogP) is 1.09. The molecular weight excluding hydrogens is 296 g/mol. The molecular formula is C13H22N2O5S. The number of carbonyl (C=O) groups excluding carboxylic acids is 1. The first-order chi connectivity index (χ1) is 9.78. The van der Waals surface area contributed by atoms with Crippen LogP contribution in [0.4, 0.5) is 0 Å². The fourth-order valence-corrected chi connectivity index (χ4v) is 3.86. The minimum atomic E-state index is -3.91. The number of ether oxygens (including phenoxy) is 1. The monoisotopic (exact) mass is 318 g/mol. The van der Waals surface area contributed by atoms with Gasteiger partial charge in [-0.3, -0.25) is 0 Å². The summed E-state index contributed by atoms with van der Waals surface area (Å²) in [5, 5.41) is 0. The molecule has 0 aliphatic carbocycles. The van der Waals surface area contributed by atoms with Crippen LogP contribution < -0.4 is 10.5 Å². The quantitative estimate of drug-likeness (QED) is 0.728. The SMILES string of the molecule is CCCC(CN)NS(=O)(=O)c1c(C)oc(C)c1C(=O)OC. The van der Waals surface area contributed by atoms with Crippen LogP contribution in [-0.2, 0) is 14.8 Å². The van der Waals surface area contributed by atoms with Crippen molar-refractivity contribution in [2.45, 2.75) is 44.6 Å². The van der Waals surface area contributed by atoms with Crippen LogP contribution in [0.1, 0.15) is 41.6 Å². The molecule has 0 aliphatic rings. The summed E-state index contributed by atoms with van der Waals surface area (Å²) in [4.78, 5) is 11.6. The van der Waals surface area contributed by atoms with Gasteiger partial charge in [-0.05, 0) is 20.3 Å².